The maximum absolute atomic E-state index is 5.81. The topological polar surface area (TPSA) is 43.4 Å². The molecule has 4 nitrogen and oxygen atoms in total. The molecule has 2 fully saturated rings. The highest BCUT2D eigenvalue weighted by Crippen LogP contribution is 2.49. The summed E-state index contributed by atoms with van der Waals surface area (Å²) in [6.45, 7) is 5.62. The zero-order valence-electron chi connectivity index (χ0n) is 12.2. The van der Waals surface area contributed by atoms with Gasteiger partial charge in [0.05, 0.1) is 6.20 Å². The fourth-order valence-electron chi connectivity index (χ4n) is 2.76. The molecule has 20 heavy (non-hydrogen) atoms. The van der Waals surface area contributed by atoms with E-state index in [9.17, 15) is 0 Å². The first-order chi connectivity index (χ1) is 9.86. The average Bonchev–Trinajstić information content (AvgIpc) is 3.17. The largest absolute Gasteiger partial charge is 0.490 e. The summed E-state index contributed by atoms with van der Waals surface area (Å²) in [5, 5.41) is 3.34. The van der Waals surface area contributed by atoms with Crippen LogP contribution in [0.25, 0.3) is 0 Å². The van der Waals surface area contributed by atoms with Crippen molar-refractivity contribution < 1.29 is 9.47 Å². The van der Waals surface area contributed by atoms with Crippen molar-refractivity contribution >= 4 is 0 Å². The summed E-state index contributed by atoms with van der Waals surface area (Å²) in [6, 6.07) is 2.69. The minimum absolute atomic E-state index is 0.526. The van der Waals surface area contributed by atoms with Gasteiger partial charge in [0.25, 0.3) is 0 Å². The molecular weight excluding hydrogens is 252 g/mol. The molecule has 1 N–H and O–H groups in total. The van der Waals surface area contributed by atoms with Crippen molar-refractivity contribution in [2.75, 3.05) is 26.4 Å². The summed E-state index contributed by atoms with van der Waals surface area (Å²) >= 11 is 0. The molecule has 3 unspecified atom stereocenters. The van der Waals surface area contributed by atoms with Crippen molar-refractivity contribution in [1.82, 2.24) is 10.3 Å². The van der Waals surface area contributed by atoms with Crippen LogP contribution in [0.2, 0.25) is 0 Å². The average molecular weight is 276 g/mol. The van der Waals surface area contributed by atoms with Gasteiger partial charge in [-0.15, -0.1) is 0 Å². The first kappa shape index (κ1) is 13.8. The molecule has 3 atom stereocenters. The number of nitrogens with zero attached hydrogens (tertiary/aromatic N) is 1. The second-order valence-electron chi connectivity index (χ2n) is 5.79. The van der Waals surface area contributed by atoms with Crippen LogP contribution in [0, 0.1) is 5.92 Å². The van der Waals surface area contributed by atoms with E-state index in [4.69, 9.17) is 9.47 Å². The molecule has 3 rings (SSSR count). The van der Waals surface area contributed by atoms with Crippen LogP contribution >= 0.6 is 0 Å². The first-order valence-electron chi connectivity index (χ1n) is 7.75. The van der Waals surface area contributed by atoms with E-state index in [2.05, 4.69) is 16.4 Å². The van der Waals surface area contributed by atoms with Crippen LogP contribution < -0.4 is 10.1 Å². The van der Waals surface area contributed by atoms with Crippen LogP contribution in [-0.4, -0.2) is 37.4 Å². The van der Waals surface area contributed by atoms with Gasteiger partial charge in [0.1, 0.15) is 12.4 Å². The molecule has 0 radical (unpaired) electrons. The molecule has 4 heteroatoms. The zero-order valence-corrected chi connectivity index (χ0v) is 12.2. The van der Waals surface area contributed by atoms with Crippen molar-refractivity contribution in [3.05, 3.63) is 24.0 Å². The smallest absolute Gasteiger partial charge is 0.137 e. The van der Waals surface area contributed by atoms with Gasteiger partial charge in [-0.25, -0.2) is 0 Å². The predicted octanol–water partition coefficient (Wildman–Crippen LogP) is 2.35. The van der Waals surface area contributed by atoms with Gasteiger partial charge in [0, 0.05) is 25.5 Å². The summed E-state index contributed by atoms with van der Waals surface area (Å²) in [7, 11) is 0. The van der Waals surface area contributed by atoms with E-state index < -0.39 is 0 Å². The van der Waals surface area contributed by atoms with Crippen LogP contribution in [0.3, 0.4) is 0 Å². The lowest BCUT2D eigenvalue weighted by Gasteiger charge is -2.27. The number of pyridine rings is 1. The molecule has 0 spiro atoms. The van der Waals surface area contributed by atoms with Gasteiger partial charge in [0.15, 0.2) is 0 Å². The summed E-state index contributed by atoms with van der Waals surface area (Å²) in [5.41, 5.74) is 1.32. The minimum Gasteiger partial charge on any atom is -0.490 e. The Morgan fingerprint density at radius 2 is 2.30 bits per heavy atom. The zero-order chi connectivity index (χ0) is 13.8. The predicted molar refractivity (Wildman–Crippen MR) is 78.1 cm³/mol. The third-order valence-corrected chi connectivity index (χ3v) is 4.30. The Balaban J connectivity index is 1.47. The number of rotatable bonds is 8. The highest BCUT2D eigenvalue weighted by atomic mass is 16.5. The quantitative estimate of drug-likeness (QED) is 0.740. The SMILES string of the molecule is CCOCCC1CC1c1cncc(OCC2CCN2)c1. The van der Waals surface area contributed by atoms with Gasteiger partial charge >= 0.3 is 0 Å². The van der Waals surface area contributed by atoms with Crippen molar-refractivity contribution in [2.24, 2.45) is 5.92 Å². The molecule has 110 valence electrons. The van der Waals surface area contributed by atoms with E-state index in [1.807, 2.05) is 19.3 Å². The molecule has 1 saturated heterocycles. The fraction of sp³-hybridized carbons (Fsp3) is 0.688. The second-order valence-corrected chi connectivity index (χ2v) is 5.79. The second kappa shape index (κ2) is 6.55. The van der Waals surface area contributed by atoms with E-state index in [0.717, 1.165) is 44.5 Å². The standard InChI is InChI=1S/C16H24N2O2/c1-2-19-6-4-12-8-16(12)13-7-15(10-17-9-13)20-11-14-3-5-18-14/h7,9-10,12,14,16,18H,2-6,8,11H2,1H3. The Bertz CT molecular complexity index is 434. The summed E-state index contributed by atoms with van der Waals surface area (Å²) in [6.07, 6.45) is 7.45. The molecule has 1 aliphatic carbocycles. The van der Waals surface area contributed by atoms with Crippen molar-refractivity contribution in [3.63, 3.8) is 0 Å². The molecule has 1 saturated carbocycles. The Kier molecular flexibility index (Phi) is 4.53. The van der Waals surface area contributed by atoms with Gasteiger partial charge in [-0.1, -0.05) is 0 Å². The highest BCUT2D eigenvalue weighted by molar-refractivity contribution is 5.30. The van der Waals surface area contributed by atoms with Gasteiger partial charge in [0.2, 0.25) is 0 Å². The van der Waals surface area contributed by atoms with Crippen molar-refractivity contribution in [1.29, 1.82) is 0 Å². The fourth-order valence-corrected chi connectivity index (χ4v) is 2.76. The van der Waals surface area contributed by atoms with Gasteiger partial charge in [-0.3, -0.25) is 4.98 Å². The highest BCUT2D eigenvalue weighted by Gasteiger charge is 2.38. The lowest BCUT2D eigenvalue weighted by atomic mass is 10.1. The Labute approximate surface area is 120 Å². The molecule has 0 bridgehead atoms. The monoisotopic (exact) mass is 276 g/mol. The minimum atomic E-state index is 0.526. The van der Waals surface area contributed by atoms with E-state index in [-0.39, 0.29) is 0 Å². The molecule has 1 aliphatic heterocycles. The summed E-state index contributed by atoms with van der Waals surface area (Å²) < 4.78 is 11.2. The van der Waals surface area contributed by atoms with E-state index >= 15 is 0 Å². The van der Waals surface area contributed by atoms with Crippen LogP contribution in [0.15, 0.2) is 18.5 Å². The van der Waals surface area contributed by atoms with Crippen LogP contribution in [-0.2, 0) is 4.74 Å². The summed E-state index contributed by atoms with van der Waals surface area (Å²) in [4.78, 5) is 4.32. The maximum atomic E-state index is 5.81. The van der Waals surface area contributed by atoms with Gasteiger partial charge in [-0.05, 0) is 56.2 Å². The molecule has 2 aliphatic rings. The Hall–Kier alpha value is -1.13. The lowest BCUT2D eigenvalue weighted by molar-refractivity contribution is 0.140. The third-order valence-electron chi connectivity index (χ3n) is 4.30. The molecule has 2 heterocycles. The van der Waals surface area contributed by atoms with Crippen LogP contribution in [0.4, 0.5) is 0 Å². The molecule has 0 amide bonds. The summed E-state index contributed by atoms with van der Waals surface area (Å²) in [5.74, 6) is 2.34. The van der Waals surface area contributed by atoms with Crippen molar-refractivity contribution in [2.45, 2.75) is 38.1 Å². The van der Waals surface area contributed by atoms with Gasteiger partial charge < -0.3 is 14.8 Å². The normalized spacial score (nSPS) is 27.9. The number of hydrogen-bond acceptors (Lipinski definition) is 4. The first-order valence-corrected chi connectivity index (χ1v) is 7.75. The number of nitrogens with one attached hydrogen (secondary N) is 1. The number of ether oxygens (including phenoxy) is 2. The number of aromatic nitrogens is 1. The third kappa shape index (κ3) is 3.49. The molecule has 1 aromatic heterocycles. The van der Waals surface area contributed by atoms with Crippen LogP contribution in [0.1, 0.15) is 37.7 Å². The molecule has 0 aromatic carbocycles. The molecular formula is C16H24N2O2. The Morgan fingerprint density at radius 1 is 1.40 bits per heavy atom. The van der Waals surface area contributed by atoms with Crippen molar-refractivity contribution in [3.8, 4) is 5.75 Å². The van der Waals surface area contributed by atoms with Crippen LogP contribution in [0.5, 0.6) is 5.75 Å². The molecule has 1 aromatic rings. The Morgan fingerprint density at radius 3 is 3.05 bits per heavy atom. The van der Waals surface area contributed by atoms with E-state index in [1.54, 1.807) is 0 Å². The van der Waals surface area contributed by atoms with E-state index in [1.165, 1.54) is 18.4 Å². The van der Waals surface area contributed by atoms with Gasteiger partial charge in [-0.2, -0.15) is 0 Å². The lowest BCUT2D eigenvalue weighted by Crippen LogP contribution is -2.46. The number of hydrogen-bond donors (Lipinski definition) is 1. The van der Waals surface area contributed by atoms with E-state index in [0.29, 0.717) is 12.0 Å². The maximum Gasteiger partial charge on any atom is 0.137 e.